The number of nitrogens with zero attached hydrogens (tertiary/aromatic N) is 2. The molecule has 0 saturated heterocycles. The number of anilines is 2. The first-order valence-corrected chi connectivity index (χ1v) is 10.3. The van der Waals surface area contributed by atoms with Gasteiger partial charge in [-0.05, 0) is 58.3 Å². The SMILES string of the molecule is CN(c1ccccc1)c1ccccc1/C(C=O)=N/c1ccc(-c2ccsc2)cc1. The van der Waals surface area contributed by atoms with Crippen LogP contribution in [0.5, 0.6) is 0 Å². The Morgan fingerprint density at radius 1 is 0.862 bits per heavy atom. The predicted octanol–water partition coefficient (Wildman–Crippen LogP) is 6.50. The molecular weight excluding hydrogens is 376 g/mol. The smallest absolute Gasteiger partial charge is 0.169 e. The van der Waals surface area contributed by atoms with Crippen LogP contribution in [0.1, 0.15) is 5.56 Å². The molecule has 0 bridgehead atoms. The van der Waals surface area contributed by atoms with E-state index in [1.54, 1.807) is 11.3 Å². The topological polar surface area (TPSA) is 32.7 Å². The lowest BCUT2D eigenvalue weighted by atomic mass is 10.1. The Morgan fingerprint density at radius 2 is 1.59 bits per heavy atom. The second kappa shape index (κ2) is 8.67. The average molecular weight is 397 g/mol. The zero-order valence-electron chi connectivity index (χ0n) is 16.0. The van der Waals surface area contributed by atoms with E-state index in [2.05, 4.69) is 26.7 Å². The summed E-state index contributed by atoms with van der Waals surface area (Å²) >= 11 is 1.67. The third-order valence-corrected chi connectivity index (χ3v) is 5.45. The molecule has 142 valence electrons. The quantitative estimate of drug-likeness (QED) is 0.275. The molecule has 0 radical (unpaired) electrons. The van der Waals surface area contributed by atoms with Gasteiger partial charge in [-0.3, -0.25) is 4.79 Å². The summed E-state index contributed by atoms with van der Waals surface area (Å²) < 4.78 is 0. The van der Waals surface area contributed by atoms with Crippen LogP contribution in [0.3, 0.4) is 0 Å². The van der Waals surface area contributed by atoms with Crippen LogP contribution in [0, 0.1) is 0 Å². The van der Waals surface area contributed by atoms with Crippen molar-refractivity contribution in [2.24, 2.45) is 4.99 Å². The molecule has 0 amide bonds. The number of benzene rings is 3. The molecule has 0 aliphatic carbocycles. The summed E-state index contributed by atoms with van der Waals surface area (Å²) in [5, 5.41) is 4.18. The Labute approximate surface area is 174 Å². The van der Waals surface area contributed by atoms with Crippen molar-refractivity contribution in [2.45, 2.75) is 0 Å². The molecule has 0 aliphatic rings. The van der Waals surface area contributed by atoms with Crippen LogP contribution in [0.15, 0.2) is 101 Å². The van der Waals surface area contributed by atoms with Crippen LogP contribution in [-0.2, 0) is 4.79 Å². The second-order valence-corrected chi connectivity index (χ2v) is 7.37. The van der Waals surface area contributed by atoms with Crippen molar-refractivity contribution in [2.75, 3.05) is 11.9 Å². The van der Waals surface area contributed by atoms with Crippen LogP contribution in [0.4, 0.5) is 17.1 Å². The predicted molar refractivity (Wildman–Crippen MR) is 123 cm³/mol. The van der Waals surface area contributed by atoms with Crippen LogP contribution >= 0.6 is 11.3 Å². The molecule has 29 heavy (non-hydrogen) atoms. The van der Waals surface area contributed by atoms with Crippen LogP contribution in [0.2, 0.25) is 0 Å². The maximum Gasteiger partial charge on any atom is 0.169 e. The minimum Gasteiger partial charge on any atom is -0.344 e. The molecule has 3 aromatic carbocycles. The number of thiophene rings is 1. The van der Waals surface area contributed by atoms with Gasteiger partial charge in [0.2, 0.25) is 0 Å². The van der Waals surface area contributed by atoms with Gasteiger partial charge in [-0.1, -0.05) is 48.5 Å². The van der Waals surface area contributed by atoms with Crippen LogP contribution in [-0.4, -0.2) is 19.0 Å². The van der Waals surface area contributed by atoms with Crippen molar-refractivity contribution in [1.82, 2.24) is 0 Å². The molecule has 0 aliphatic heterocycles. The number of hydrogen-bond donors (Lipinski definition) is 0. The van der Waals surface area contributed by atoms with Crippen LogP contribution < -0.4 is 4.90 Å². The van der Waals surface area contributed by atoms with Crippen molar-refractivity contribution in [3.05, 3.63) is 101 Å². The highest BCUT2D eigenvalue weighted by atomic mass is 32.1. The molecule has 0 atom stereocenters. The Hall–Kier alpha value is -3.50. The van der Waals surface area contributed by atoms with Gasteiger partial charge in [0.1, 0.15) is 5.71 Å². The number of carbonyl (C=O) groups is 1. The first kappa shape index (κ1) is 18.8. The van der Waals surface area contributed by atoms with E-state index >= 15 is 0 Å². The number of carbonyl (C=O) groups excluding carboxylic acids is 1. The molecule has 4 aromatic rings. The highest BCUT2D eigenvalue weighted by Gasteiger charge is 2.13. The van der Waals surface area contributed by atoms with Gasteiger partial charge < -0.3 is 4.90 Å². The van der Waals surface area contributed by atoms with Crippen molar-refractivity contribution < 1.29 is 4.79 Å². The Bertz CT molecular complexity index is 1120. The second-order valence-electron chi connectivity index (χ2n) is 6.59. The van der Waals surface area contributed by atoms with Crippen molar-refractivity contribution >= 4 is 40.4 Å². The summed E-state index contributed by atoms with van der Waals surface area (Å²) in [5.74, 6) is 0. The fourth-order valence-corrected chi connectivity index (χ4v) is 3.88. The van der Waals surface area contributed by atoms with Crippen LogP contribution in [0.25, 0.3) is 11.1 Å². The number of hydrogen-bond acceptors (Lipinski definition) is 4. The van der Waals surface area contributed by atoms with E-state index in [-0.39, 0.29) is 0 Å². The molecule has 4 rings (SSSR count). The highest BCUT2D eigenvalue weighted by molar-refractivity contribution is 7.08. The molecule has 1 heterocycles. The number of aliphatic imine (C=N–C) groups is 1. The number of rotatable bonds is 6. The maximum absolute atomic E-state index is 11.9. The minimum absolute atomic E-state index is 0.409. The molecule has 0 N–H and O–H groups in total. The van der Waals surface area contributed by atoms with Gasteiger partial charge in [-0.2, -0.15) is 11.3 Å². The Balaban J connectivity index is 1.69. The summed E-state index contributed by atoms with van der Waals surface area (Å²) in [4.78, 5) is 18.6. The summed E-state index contributed by atoms with van der Waals surface area (Å²) in [5.41, 5.74) is 6.27. The maximum atomic E-state index is 11.9. The monoisotopic (exact) mass is 396 g/mol. The fourth-order valence-electron chi connectivity index (χ4n) is 3.22. The van der Waals surface area contributed by atoms with E-state index in [1.165, 1.54) is 5.56 Å². The first-order chi connectivity index (χ1) is 14.3. The van der Waals surface area contributed by atoms with Crippen molar-refractivity contribution in [3.8, 4) is 11.1 Å². The van der Waals surface area contributed by atoms with Gasteiger partial charge in [-0.15, -0.1) is 0 Å². The van der Waals surface area contributed by atoms with E-state index < -0.39 is 0 Å². The largest absolute Gasteiger partial charge is 0.344 e. The normalized spacial score (nSPS) is 11.3. The molecule has 4 heteroatoms. The Morgan fingerprint density at radius 3 is 2.28 bits per heavy atom. The standard InChI is InChI=1S/C25H20N2OS/c1-27(22-7-3-2-4-8-22)25-10-6-5-9-23(25)24(17-28)26-21-13-11-19(12-14-21)20-15-16-29-18-20/h2-18H,1H3/b26-24+. The van der Waals surface area contributed by atoms with E-state index in [0.717, 1.165) is 34.5 Å². The van der Waals surface area contributed by atoms with Gasteiger partial charge in [0.15, 0.2) is 6.29 Å². The molecule has 0 saturated carbocycles. The fraction of sp³-hybridized carbons (Fsp3) is 0.0400. The van der Waals surface area contributed by atoms with Crippen molar-refractivity contribution in [1.29, 1.82) is 0 Å². The van der Waals surface area contributed by atoms with Gasteiger partial charge >= 0.3 is 0 Å². The molecule has 1 aromatic heterocycles. The number of para-hydroxylation sites is 2. The van der Waals surface area contributed by atoms with Gasteiger partial charge in [0.05, 0.1) is 11.4 Å². The zero-order valence-corrected chi connectivity index (χ0v) is 16.8. The van der Waals surface area contributed by atoms with Gasteiger partial charge in [-0.25, -0.2) is 4.99 Å². The zero-order chi connectivity index (χ0) is 20.1. The molecule has 3 nitrogen and oxygen atoms in total. The molecular formula is C25H20N2OS. The van der Waals surface area contributed by atoms with Crippen molar-refractivity contribution in [3.63, 3.8) is 0 Å². The van der Waals surface area contributed by atoms with E-state index in [9.17, 15) is 4.79 Å². The minimum atomic E-state index is 0.409. The third-order valence-electron chi connectivity index (χ3n) is 4.77. The highest BCUT2D eigenvalue weighted by Crippen LogP contribution is 2.29. The summed E-state index contributed by atoms with van der Waals surface area (Å²) in [7, 11) is 1.99. The lowest BCUT2D eigenvalue weighted by Gasteiger charge is -2.22. The lowest BCUT2D eigenvalue weighted by molar-refractivity contribution is -0.102. The lowest BCUT2D eigenvalue weighted by Crippen LogP contribution is -2.15. The number of aldehydes is 1. The average Bonchev–Trinajstić information content (AvgIpc) is 3.33. The summed E-state index contributed by atoms with van der Waals surface area (Å²) in [6.45, 7) is 0. The van der Waals surface area contributed by atoms with E-state index in [0.29, 0.717) is 5.71 Å². The Kier molecular flexibility index (Phi) is 5.63. The third kappa shape index (κ3) is 4.18. The molecule has 0 unspecified atom stereocenters. The molecule has 0 spiro atoms. The molecule has 0 fully saturated rings. The van der Waals surface area contributed by atoms with Gasteiger partial charge in [0.25, 0.3) is 0 Å². The van der Waals surface area contributed by atoms with Gasteiger partial charge in [0, 0.05) is 18.3 Å². The summed E-state index contributed by atoms with van der Waals surface area (Å²) in [6, 6.07) is 27.9. The first-order valence-electron chi connectivity index (χ1n) is 9.31. The summed E-state index contributed by atoms with van der Waals surface area (Å²) in [6.07, 6.45) is 0.824. The van der Waals surface area contributed by atoms with E-state index in [1.807, 2.05) is 85.9 Å². The van der Waals surface area contributed by atoms with E-state index in [4.69, 9.17) is 0 Å².